The van der Waals surface area contributed by atoms with Crippen LogP contribution in [0.15, 0.2) is 41.7 Å². The third-order valence-electron chi connectivity index (χ3n) is 4.70. The molecule has 0 saturated heterocycles. The first-order chi connectivity index (χ1) is 12.0. The molecule has 1 aromatic carbocycles. The zero-order valence-corrected chi connectivity index (χ0v) is 15.0. The number of benzene rings is 1. The first-order valence-electron chi connectivity index (χ1n) is 8.73. The molecule has 130 valence electrons. The van der Waals surface area contributed by atoms with Crippen LogP contribution in [0.5, 0.6) is 0 Å². The van der Waals surface area contributed by atoms with Crippen molar-refractivity contribution >= 4 is 17.2 Å². The molecule has 25 heavy (non-hydrogen) atoms. The lowest BCUT2D eigenvalue weighted by molar-refractivity contribution is -0.120. The second kappa shape index (κ2) is 7.13. The highest BCUT2D eigenvalue weighted by Gasteiger charge is 2.31. The quantitative estimate of drug-likeness (QED) is 0.859. The Balaban J connectivity index is 1.87. The SMILES string of the molecule is CN=C(c1ccc(-c2cnn(C(C)C)c2)cc1)C1C(=N)CCCC1=O. The number of aliphatic imine (C=N–C) groups is 1. The summed E-state index contributed by atoms with van der Waals surface area (Å²) in [5.74, 6) is -0.368. The molecule has 3 rings (SSSR count). The van der Waals surface area contributed by atoms with Gasteiger partial charge in [-0.2, -0.15) is 5.10 Å². The van der Waals surface area contributed by atoms with Crippen molar-refractivity contribution in [3.8, 4) is 11.1 Å². The highest BCUT2D eigenvalue weighted by atomic mass is 16.1. The highest BCUT2D eigenvalue weighted by Crippen LogP contribution is 2.25. The second-order valence-corrected chi connectivity index (χ2v) is 6.77. The molecule has 1 heterocycles. The van der Waals surface area contributed by atoms with Gasteiger partial charge in [0.15, 0.2) is 0 Å². The van der Waals surface area contributed by atoms with E-state index in [0.717, 1.165) is 23.1 Å². The molecule has 5 nitrogen and oxygen atoms in total. The molecular formula is C20H24N4O. The van der Waals surface area contributed by atoms with Crippen LogP contribution >= 0.6 is 0 Å². The first-order valence-corrected chi connectivity index (χ1v) is 8.73. The molecule has 1 fully saturated rings. The maximum Gasteiger partial charge on any atom is 0.147 e. The van der Waals surface area contributed by atoms with Crippen molar-refractivity contribution in [1.29, 1.82) is 5.41 Å². The van der Waals surface area contributed by atoms with E-state index in [0.29, 0.717) is 30.3 Å². The number of ketones is 1. The van der Waals surface area contributed by atoms with E-state index in [-0.39, 0.29) is 5.78 Å². The van der Waals surface area contributed by atoms with Crippen LogP contribution in [0.2, 0.25) is 0 Å². The van der Waals surface area contributed by atoms with Crippen LogP contribution in [-0.4, -0.2) is 34.0 Å². The van der Waals surface area contributed by atoms with Gasteiger partial charge in [-0.3, -0.25) is 14.5 Å². The molecule has 1 N–H and O–H groups in total. The maximum atomic E-state index is 12.3. The van der Waals surface area contributed by atoms with Crippen LogP contribution in [0.4, 0.5) is 0 Å². The standard InChI is InChI=1S/C20H24N4O/c1-13(2)24-12-16(11-23-24)14-7-9-15(10-8-14)20(22-3)19-17(21)5-4-6-18(19)25/h7-13,19,21H,4-6H2,1-3H3. The monoisotopic (exact) mass is 336 g/mol. The van der Waals surface area contributed by atoms with E-state index in [2.05, 4.69) is 23.9 Å². The lowest BCUT2D eigenvalue weighted by atomic mass is 9.80. The summed E-state index contributed by atoms with van der Waals surface area (Å²) in [5.41, 5.74) is 4.25. The maximum absolute atomic E-state index is 12.3. The van der Waals surface area contributed by atoms with Gasteiger partial charge in [-0.05, 0) is 37.8 Å². The van der Waals surface area contributed by atoms with Crippen molar-refractivity contribution in [2.24, 2.45) is 10.9 Å². The van der Waals surface area contributed by atoms with Crippen molar-refractivity contribution in [3.05, 3.63) is 42.2 Å². The van der Waals surface area contributed by atoms with Gasteiger partial charge in [-0.1, -0.05) is 24.3 Å². The number of carbonyl (C=O) groups excluding carboxylic acids is 1. The Morgan fingerprint density at radius 1 is 1.24 bits per heavy atom. The van der Waals surface area contributed by atoms with Crippen LogP contribution < -0.4 is 0 Å². The number of hydrogen-bond acceptors (Lipinski definition) is 4. The summed E-state index contributed by atoms with van der Waals surface area (Å²) < 4.78 is 1.93. The van der Waals surface area contributed by atoms with Crippen molar-refractivity contribution in [3.63, 3.8) is 0 Å². The zero-order chi connectivity index (χ0) is 18.0. The predicted octanol–water partition coefficient (Wildman–Crippen LogP) is 3.94. The Hall–Kier alpha value is -2.56. The fraction of sp³-hybridized carbons (Fsp3) is 0.400. The Kier molecular flexibility index (Phi) is 4.93. The number of Topliss-reactive ketones (excluding diaryl/α,β-unsaturated/α-hetero) is 1. The fourth-order valence-corrected chi connectivity index (χ4v) is 3.28. The molecule has 1 aromatic heterocycles. The van der Waals surface area contributed by atoms with Gasteiger partial charge in [0, 0.05) is 37.0 Å². The lowest BCUT2D eigenvalue weighted by Gasteiger charge is -2.23. The molecule has 0 bridgehead atoms. The summed E-state index contributed by atoms with van der Waals surface area (Å²) in [6.07, 6.45) is 5.91. The molecule has 0 aliphatic heterocycles. The molecule has 0 spiro atoms. The summed E-state index contributed by atoms with van der Waals surface area (Å²) in [4.78, 5) is 16.7. The number of aromatic nitrogens is 2. The Morgan fingerprint density at radius 3 is 2.52 bits per heavy atom. The molecular weight excluding hydrogens is 312 g/mol. The van der Waals surface area contributed by atoms with Crippen LogP contribution in [0.1, 0.15) is 44.7 Å². The Labute approximate surface area is 148 Å². The van der Waals surface area contributed by atoms with Crippen LogP contribution in [0.25, 0.3) is 11.1 Å². The van der Waals surface area contributed by atoms with E-state index in [4.69, 9.17) is 5.41 Å². The molecule has 2 aromatic rings. The smallest absolute Gasteiger partial charge is 0.147 e. The topological polar surface area (TPSA) is 71.1 Å². The minimum atomic E-state index is -0.478. The highest BCUT2D eigenvalue weighted by molar-refractivity contribution is 6.27. The molecule has 1 aliphatic carbocycles. The molecule has 1 aliphatic rings. The van der Waals surface area contributed by atoms with Gasteiger partial charge in [-0.25, -0.2) is 0 Å². The molecule has 1 unspecified atom stereocenters. The Bertz CT molecular complexity index is 798. The minimum absolute atomic E-state index is 0.110. The summed E-state index contributed by atoms with van der Waals surface area (Å²) in [6.45, 7) is 4.19. The van der Waals surface area contributed by atoms with Gasteiger partial charge in [0.05, 0.1) is 17.8 Å². The molecule has 1 atom stereocenters. The molecule has 1 saturated carbocycles. The normalized spacial score (nSPS) is 18.9. The van der Waals surface area contributed by atoms with Crippen molar-refractivity contribution in [1.82, 2.24) is 9.78 Å². The molecule has 5 heteroatoms. The van der Waals surface area contributed by atoms with Crippen LogP contribution in [0.3, 0.4) is 0 Å². The average Bonchev–Trinajstić information content (AvgIpc) is 3.09. The van der Waals surface area contributed by atoms with Gasteiger partial charge in [-0.15, -0.1) is 0 Å². The number of nitrogens with zero attached hydrogens (tertiary/aromatic N) is 3. The summed E-state index contributed by atoms with van der Waals surface area (Å²) in [6, 6.07) is 8.35. The van der Waals surface area contributed by atoms with Gasteiger partial charge in [0.1, 0.15) is 5.78 Å². The number of hydrogen-bond donors (Lipinski definition) is 1. The van der Waals surface area contributed by atoms with E-state index in [1.807, 2.05) is 41.3 Å². The minimum Gasteiger partial charge on any atom is -0.309 e. The molecule has 0 radical (unpaired) electrons. The molecule has 0 amide bonds. The second-order valence-electron chi connectivity index (χ2n) is 6.77. The van der Waals surface area contributed by atoms with Gasteiger partial charge >= 0.3 is 0 Å². The largest absolute Gasteiger partial charge is 0.309 e. The van der Waals surface area contributed by atoms with Crippen molar-refractivity contribution in [2.45, 2.75) is 39.2 Å². The predicted molar refractivity (Wildman–Crippen MR) is 101 cm³/mol. The van der Waals surface area contributed by atoms with Crippen molar-refractivity contribution in [2.75, 3.05) is 7.05 Å². The van der Waals surface area contributed by atoms with E-state index < -0.39 is 5.92 Å². The zero-order valence-electron chi connectivity index (χ0n) is 15.0. The van der Waals surface area contributed by atoms with Crippen LogP contribution in [-0.2, 0) is 4.79 Å². The van der Waals surface area contributed by atoms with Crippen LogP contribution in [0, 0.1) is 11.3 Å². The summed E-state index contributed by atoms with van der Waals surface area (Å²) in [7, 11) is 1.70. The fourth-order valence-electron chi connectivity index (χ4n) is 3.28. The third-order valence-corrected chi connectivity index (χ3v) is 4.70. The van der Waals surface area contributed by atoms with Gasteiger partial charge < -0.3 is 5.41 Å². The van der Waals surface area contributed by atoms with E-state index in [1.165, 1.54) is 0 Å². The Morgan fingerprint density at radius 2 is 1.96 bits per heavy atom. The van der Waals surface area contributed by atoms with E-state index in [9.17, 15) is 4.79 Å². The average molecular weight is 336 g/mol. The third kappa shape index (κ3) is 3.45. The van der Waals surface area contributed by atoms with Gasteiger partial charge in [0.25, 0.3) is 0 Å². The number of nitrogens with one attached hydrogen (secondary N) is 1. The summed E-state index contributed by atoms with van der Waals surface area (Å²) >= 11 is 0. The summed E-state index contributed by atoms with van der Waals surface area (Å²) in [5, 5.41) is 12.5. The van der Waals surface area contributed by atoms with Crippen molar-refractivity contribution < 1.29 is 4.79 Å². The number of rotatable bonds is 4. The number of carbonyl (C=O) groups is 1. The van der Waals surface area contributed by atoms with E-state index in [1.54, 1.807) is 7.05 Å². The lowest BCUT2D eigenvalue weighted by Crippen LogP contribution is -2.35. The van der Waals surface area contributed by atoms with Gasteiger partial charge in [0.2, 0.25) is 0 Å². The first kappa shape index (κ1) is 17.3. The van der Waals surface area contributed by atoms with E-state index >= 15 is 0 Å².